The van der Waals surface area contributed by atoms with Gasteiger partial charge in [-0.15, -0.1) is 0 Å². The minimum absolute atomic E-state index is 0.210. The van der Waals surface area contributed by atoms with Gasteiger partial charge in [0.15, 0.2) is 0 Å². The van der Waals surface area contributed by atoms with Crippen molar-refractivity contribution in [2.45, 2.75) is 25.3 Å². The molecule has 0 radical (unpaired) electrons. The van der Waals surface area contributed by atoms with Gasteiger partial charge in [-0.05, 0) is 23.8 Å². The fourth-order valence-corrected chi connectivity index (χ4v) is 2.40. The number of rotatable bonds is 8. The van der Waals surface area contributed by atoms with E-state index in [2.05, 4.69) is 0 Å². The predicted octanol–water partition coefficient (Wildman–Crippen LogP) is 0.318. The number of carbonyl (C=O) groups is 2. The maximum atomic E-state index is 12.3. The molecule has 0 bridgehead atoms. The zero-order chi connectivity index (χ0) is 17.4. The van der Waals surface area contributed by atoms with Crippen molar-refractivity contribution >= 4 is 29.7 Å². The number of primary amides is 1. The third kappa shape index (κ3) is 5.24. The van der Waals surface area contributed by atoms with Gasteiger partial charge in [-0.3, -0.25) is 9.59 Å². The zero-order valence-electron chi connectivity index (χ0n) is 13.4. The van der Waals surface area contributed by atoms with Crippen LogP contribution in [0.2, 0.25) is 0 Å². The second-order valence-electron chi connectivity index (χ2n) is 5.60. The minimum Gasteiger partial charge on any atom is -0.525 e. The van der Waals surface area contributed by atoms with Gasteiger partial charge in [-0.1, -0.05) is 60.7 Å². The molecule has 2 aromatic rings. The molecule has 2 rings (SSSR count). The number of nitrogens with two attached hydrogens (primary N) is 2. The average Bonchev–Trinajstić information content (AvgIpc) is 2.60. The first-order valence-electron chi connectivity index (χ1n) is 7.92. The van der Waals surface area contributed by atoms with E-state index >= 15 is 0 Å². The Morgan fingerprint density at radius 1 is 0.958 bits per heavy atom. The van der Waals surface area contributed by atoms with E-state index in [-0.39, 0.29) is 6.42 Å². The van der Waals surface area contributed by atoms with Gasteiger partial charge in [0.25, 0.3) is 0 Å². The van der Waals surface area contributed by atoms with Crippen molar-refractivity contribution < 1.29 is 14.2 Å². The van der Waals surface area contributed by atoms with Crippen LogP contribution in [0.5, 0.6) is 0 Å². The normalized spacial score (nSPS) is 11.5. The molecule has 0 fully saturated rings. The van der Waals surface area contributed by atoms with Crippen molar-refractivity contribution in [3.05, 3.63) is 60.7 Å². The van der Waals surface area contributed by atoms with Gasteiger partial charge in [-0.2, -0.15) is 0 Å². The number of hydrogen-bond acceptors (Lipinski definition) is 4. The van der Waals surface area contributed by atoms with Crippen LogP contribution < -0.4 is 22.4 Å². The molecular weight excluding hydrogens is 303 g/mol. The van der Waals surface area contributed by atoms with E-state index in [1.165, 1.54) is 0 Å². The highest BCUT2D eigenvalue weighted by Gasteiger charge is 2.27. The molecule has 0 aliphatic carbocycles. The van der Waals surface area contributed by atoms with Crippen LogP contribution in [0.15, 0.2) is 60.7 Å². The Balaban J connectivity index is 2.08. The van der Waals surface area contributed by atoms with E-state index in [1.54, 1.807) is 0 Å². The van der Waals surface area contributed by atoms with Crippen LogP contribution in [-0.4, -0.2) is 24.8 Å². The molecule has 2 aromatic carbocycles. The molecule has 1 atom stereocenters. The van der Waals surface area contributed by atoms with Crippen molar-refractivity contribution in [3.63, 3.8) is 0 Å². The van der Waals surface area contributed by atoms with Crippen LogP contribution in [0.4, 0.5) is 0 Å². The maximum absolute atomic E-state index is 12.3. The van der Waals surface area contributed by atoms with E-state index in [4.69, 9.17) is 16.1 Å². The Morgan fingerprint density at radius 2 is 1.46 bits per heavy atom. The molecule has 6 heteroatoms. The van der Waals surface area contributed by atoms with E-state index < -0.39 is 24.8 Å². The summed E-state index contributed by atoms with van der Waals surface area (Å²) in [6.07, 6.45) is 1.03. The van der Waals surface area contributed by atoms with Crippen LogP contribution >= 0.6 is 0 Å². The van der Waals surface area contributed by atoms with Crippen molar-refractivity contribution in [3.8, 4) is 0 Å². The number of hydrogen-bond donors (Lipinski definition) is 2. The van der Waals surface area contributed by atoms with Crippen LogP contribution in [0.25, 0.3) is 0 Å². The van der Waals surface area contributed by atoms with Crippen LogP contribution in [-0.2, 0) is 14.2 Å². The van der Waals surface area contributed by atoms with Crippen molar-refractivity contribution in [1.82, 2.24) is 0 Å². The molecule has 0 heterocycles. The van der Waals surface area contributed by atoms with Crippen LogP contribution in [0.1, 0.15) is 19.3 Å². The second-order valence-corrected chi connectivity index (χ2v) is 5.60. The number of benzene rings is 2. The standard InChI is InChI=1S/C18H21BN2O3/c20-16(12-7-13-17(21)22)18(23)24-19(14-8-3-1-4-9-14)15-10-5-2-6-11-15/h1-6,8-11,16H,7,12-13,20H2,(H2,21,22). The first-order chi connectivity index (χ1) is 11.6. The summed E-state index contributed by atoms with van der Waals surface area (Å²) in [6, 6.07) is 18.2. The summed E-state index contributed by atoms with van der Waals surface area (Å²) in [7, 11) is 0. The molecule has 124 valence electrons. The molecule has 4 N–H and O–H groups in total. The SMILES string of the molecule is NC(=O)CCCC(N)C(=O)OB(c1ccccc1)c1ccccc1. The largest absolute Gasteiger partial charge is 0.525 e. The lowest BCUT2D eigenvalue weighted by Crippen LogP contribution is -2.49. The quantitative estimate of drug-likeness (QED) is 0.684. The summed E-state index contributed by atoms with van der Waals surface area (Å²) < 4.78 is 5.66. The van der Waals surface area contributed by atoms with Gasteiger partial charge >= 0.3 is 12.9 Å². The Kier molecular flexibility index (Phi) is 6.57. The van der Waals surface area contributed by atoms with E-state index in [1.807, 2.05) is 60.7 Å². The Hall–Kier alpha value is -2.60. The van der Waals surface area contributed by atoms with Crippen LogP contribution in [0, 0.1) is 0 Å². The molecule has 5 nitrogen and oxygen atoms in total. The smallest absolute Gasteiger partial charge is 0.429 e. The number of amides is 1. The van der Waals surface area contributed by atoms with Gasteiger partial charge < -0.3 is 16.1 Å². The average molecular weight is 324 g/mol. The minimum atomic E-state index is -0.778. The summed E-state index contributed by atoms with van der Waals surface area (Å²) in [4.78, 5) is 23.1. The van der Waals surface area contributed by atoms with Gasteiger partial charge in [0, 0.05) is 6.42 Å². The highest BCUT2D eigenvalue weighted by Crippen LogP contribution is 2.03. The summed E-state index contributed by atoms with van der Waals surface area (Å²) in [5, 5.41) is 0. The lowest BCUT2D eigenvalue weighted by Gasteiger charge is -2.18. The molecule has 0 aromatic heterocycles. The first kappa shape index (κ1) is 17.8. The molecule has 0 aliphatic rings. The Bertz CT molecular complexity index is 625. The third-order valence-electron chi connectivity index (χ3n) is 3.68. The van der Waals surface area contributed by atoms with Gasteiger partial charge in [0.05, 0.1) is 0 Å². The summed E-state index contributed by atoms with van der Waals surface area (Å²) >= 11 is 0. The summed E-state index contributed by atoms with van der Waals surface area (Å²) in [5.41, 5.74) is 12.7. The molecule has 1 amide bonds. The maximum Gasteiger partial charge on any atom is 0.429 e. The molecule has 0 spiro atoms. The fraction of sp³-hybridized carbons (Fsp3) is 0.222. The van der Waals surface area contributed by atoms with Crippen molar-refractivity contribution in [2.24, 2.45) is 11.5 Å². The molecule has 24 heavy (non-hydrogen) atoms. The number of carbonyl (C=O) groups excluding carboxylic acids is 2. The van der Waals surface area contributed by atoms with Crippen molar-refractivity contribution in [1.29, 1.82) is 0 Å². The highest BCUT2D eigenvalue weighted by atomic mass is 16.5. The lowest BCUT2D eigenvalue weighted by atomic mass is 9.55. The van der Waals surface area contributed by atoms with E-state index in [0.29, 0.717) is 12.8 Å². The first-order valence-corrected chi connectivity index (χ1v) is 7.92. The zero-order valence-corrected chi connectivity index (χ0v) is 13.4. The van der Waals surface area contributed by atoms with E-state index in [9.17, 15) is 9.59 Å². The van der Waals surface area contributed by atoms with Gasteiger partial charge in [-0.25, -0.2) is 0 Å². The van der Waals surface area contributed by atoms with Crippen molar-refractivity contribution in [2.75, 3.05) is 0 Å². The fourth-order valence-electron chi connectivity index (χ4n) is 2.40. The summed E-state index contributed by atoms with van der Waals surface area (Å²) in [6.45, 7) is -0.512. The highest BCUT2D eigenvalue weighted by molar-refractivity contribution is 6.81. The molecular formula is C18H21BN2O3. The molecule has 0 saturated carbocycles. The lowest BCUT2D eigenvalue weighted by molar-refractivity contribution is -0.136. The Morgan fingerprint density at radius 3 is 1.92 bits per heavy atom. The molecule has 0 aliphatic heterocycles. The summed E-state index contributed by atoms with van der Waals surface area (Å²) in [5.74, 6) is -0.890. The second kappa shape index (κ2) is 8.89. The Labute approximate surface area is 142 Å². The monoisotopic (exact) mass is 324 g/mol. The third-order valence-corrected chi connectivity index (χ3v) is 3.68. The van der Waals surface area contributed by atoms with E-state index in [0.717, 1.165) is 10.9 Å². The van der Waals surface area contributed by atoms with Crippen LogP contribution in [0.3, 0.4) is 0 Å². The molecule has 0 saturated heterocycles. The predicted molar refractivity (Wildman–Crippen MR) is 95.0 cm³/mol. The van der Waals surface area contributed by atoms with Gasteiger partial charge in [0.2, 0.25) is 5.91 Å². The van der Waals surface area contributed by atoms with Gasteiger partial charge in [0.1, 0.15) is 6.04 Å². The topological polar surface area (TPSA) is 95.4 Å². The molecule has 1 unspecified atom stereocenters.